The highest BCUT2D eigenvalue weighted by molar-refractivity contribution is 6.02. The molecule has 300 valence electrons. The summed E-state index contributed by atoms with van der Waals surface area (Å²) in [7, 11) is 4.74. The summed E-state index contributed by atoms with van der Waals surface area (Å²) < 4.78 is 31.6. The molecule has 12 heteroatoms. The molecule has 1 amide bonds. The van der Waals surface area contributed by atoms with Gasteiger partial charge in [0.25, 0.3) is 0 Å². The van der Waals surface area contributed by atoms with Crippen molar-refractivity contribution < 1.29 is 48.3 Å². The van der Waals surface area contributed by atoms with Crippen molar-refractivity contribution in [2.75, 3.05) is 47.7 Å². The van der Waals surface area contributed by atoms with E-state index in [4.69, 9.17) is 28.5 Å². The summed E-state index contributed by atoms with van der Waals surface area (Å²) in [5, 5.41) is 24.2. The minimum absolute atomic E-state index is 0.0481. The van der Waals surface area contributed by atoms with Gasteiger partial charge in [0.15, 0.2) is 6.29 Å². The summed E-state index contributed by atoms with van der Waals surface area (Å²) in [5.74, 6) is 0.120. The van der Waals surface area contributed by atoms with E-state index in [0.29, 0.717) is 47.1 Å². The summed E-state index contributed by atoms with van der Waals surface area (Å²) >= 11 is 0. The minimum Gasteiger partial charge on any atom is -0.496 e. The number of fused-ring (bicyclic) bond motifs is 2. The van der Waals surface area contributed by atoms with Crippen molar-refractivity contribution in [1.82, 2.24) is 4.90 Å². The van der Waals surface area contributed by atoms with Crippen LogP contribution in [0.25, 0.3) is 0 Å². The third-order valence-corrected chi connectivity index (χ3v) is 10.8. The van der Waals surface area contributed by atoms with Gasteiger partial charge >= 0.3 is 6.09 Å². The number of amides is 1. The molecule has 6 atom stereocenters. The van der Waals surface area contributed by atoms with E-state index in [1.807, 2.05) is 39.0 Å². The monoisotopic (exact) mass is 762 g/mol. The number of aldehydes is 1. The van der Waals surface area contributed by atoms with E-state index < -0.39 is 23.8 Å². The van der Waals surface area contributed by atoms with Crippen molar-refractivity contribution in [2.24, 2.45) is 28.3 Å². The lowest BCUT2D eigenvalue weighted by atomic mass is 9.55. The second-order valence-electron chi connectivity index (χ2n) is 15.8. The fourth-order valence-electron chi connectivity index (χ4n) is 8.41. The first-order valence-electron chi connectivity index (χ1n) is 19.3. The van der Waals surface area contributed by atoms with Gasteiger partial charge in [-0.1, -0.05) is 50.9 Å². The Hall–Kier alpha value is -4.39. The number of aliphatic hydroxyl groups excluding tert-OH is 2. The Labute approximate surface area is 325 Å². The van der Waals surface area contributed by atoms with Gasteiger partial charge < -0.3 is 43.6 Å². The van der Waals surface area contributed by atoms with Crippen LogP contribution in [-0.2, 0) is 14.3 Å². The SMILES string of the molecule is C=CCO[C@@]12Oc3ccc(Oc4ccc(OC)c(C=O)c4)cc3[C@H]3[C@H](CCCCO)[C@@H](CCCCO)C=C(C(=NOC)C[C@@H]1N(C)C(=O)OCC(C)(C)C)[C@H]32. The lowest BCUT2D eigenvalue weighted by molar-refractivity contribution is -0.253. The zero-order valence-corrected chi connectivity index (χ0v) is 33.1. The number of benzene rings is 2. The fourth-order valence-corrected chi connectivity index (χ4v) is 8.41. The normalized spacial score (nSPS) is 24.8. The van der Waals surface area contributed by atoms with Gasteiger partial charge in [0.05, 0.1) is 37.5 Å². The van der Waals surface area contributed by atoms with Crippen molar-refractivity contribution >= 4 is 18.1 Å². The van der Waals surface area contributed by atoms with Crippen molar-refractivity contribution in [3.05, 3.63) is 71.8 Å². The van der Waals surface area contributed by atoms with E-state index >= 15 is 0 Å². The number of allylic oxidation sites excluding steroid dienone is 1. The molecule has 0 saturated heterocycles. The number of carbonyl (C=O) groups is 2. The molecule has 1 fully saturated rings. The van der Waals surface area contributed by atoms with E-state index in [9.17, 15) is 19.8 Å². The molecule has 2 aromatic carbocycles. The number of aliphatic hydroxyl groups is 2. The van der Waals surface area contributed by atoms with Crippen LogP contribution in [0.2, 0.25) is 0 Å². The number of nitrogens with zero attached hydrogens (tertiary/aromatic N) is 2. The summed E-state index contributed by atoms with van der Waals surface area (Å²) in [6.45, 7) is 10.5. The average Bonchev–Trinajstić information content (AvgIpc) is 3.17. The Balaban J connectivity index is 1.72. The van der Waals surface area contributed by atoms with Crippen molar-refractivity contribution in [3.8, 4) is 23.0 Å². The first-order chi connectivity index (χ1) is 26.4. The van der Waals surface area contributed by atoms with E-state index in [-0.39, 0.29) is 56.0 Å². The number of oxime groups is 1. The summed E-state index contributed by atoms with van der Waals surface area (Å²) in [4.78, 5) is 32.7. The largest absolute Gasteiger partial charge is 0.496 e. The van der Waals surface area contributed by atoms with Crippen LogP contribution in [0.15, 0.2) is 65.9 Å². The highest BCUT2D eigenvalue weighted by Crippen LogP contribution is 2.62. The van der Waals surface area contributed by atoms with Gasteiger partial charge in [-0.15, -0.1) is 6.58 Å². The molecule has 0 bridgehead atoms. The highest BCUT2D eigenvalue weighted by Gasteiger charge is 2.65. The second kappa shape index (κ2) is 18.5. The van der Waals surface area contributed by atoms with Gasteiger partial charge in [-0.25, -0.2) is 4.79 Å². The molecule has 12 nitrogen and oxygen atoms in total. The Morgan fingerprint density at radius 1 is 1.05 bits per heavy atom. The molecule has 0 radical (unpaired) electrons. The maximum absolute atomic E-state index is 13.9. The molecule has 1 heterocycles. The van der Waals surface area contributed by atoms with Gasteiger partial charge in [0, 0.05) is 38.2 Å². The molecule has 55 heavy (non-hydrogen) atoms. The Morgan fingerprint density at radius 2 is 1.76 bits per heavy atom. The van der Waals surface area contributed by atoms with Crippen LogP contribution in [0.3, 0.4) is 0 Å². The molecule has 2 aliphatic carbocycles. The molecule has 0 spiro atoms. The standard InChI is InChI=1S/C43H58N2O10/c1-8-21-53-43-38(45(5)41(49)52-27-42(2,3)4)25-35(44-51-7)33-23-28(13-9-11-19-46)32(14-10-12-20-47)39(40(33)43)34-24-31(16-18-37(34)55-43)54-30-15-17-36(50-6)29(22-30)26-48/h8,15-18,22-24,26,28,32,38-40,46-47H,1,9-14,19-21,25,27H2,2-7H3/t28-,32+,38-,39+,40+,43+/m0/s1. The number of hydrogen-bond donors (Lipinski definition) is 2. The first kappa shape index (κ1) is 41.8. The molecule has 1 aliphatic heterocycles. The summed E-state index contributed by atoms with van der Waals surface area (Å²) in [5.41, 5.74) is 2.65. The molecular formula is C43H58N2O10. The van der Waals surface area contributed by atoms with Crippen LogP contribution >= 0.6 is 0 Å². The van der Waals surface area contributed by atoms with Gasteiger partial charge in [-0.2, -0.15) is 0 Å². The predicted octanol–water partition coefficient (Wildman–Crippen LogP) is 7.68. The molecule has 5 rings (SSSR count). The van der Waals surface area contributed by atoms with Crippen LogP contribution in [0.1, 0.15) is 87.6 Å². The zero-order chi connectivity index (χ0) is 39.8. The van der Waals surface area contributed by atoms with Crippen LogP contribution < -0.4 is 14.2 Å². The number of likely N-dealkylation sites (N-methyl/N-ethyl adjacent to an activating group) is 1. The Kier molecular flexibility index (Phi) is 14.0. The minimum atomic E-state index is -1.39. The number of methoxy groups -OCH3 is 1. The molecule has 0 unspecified atom stereocenters. The van der Waals surface area contributed by atoms with Crippen molar-refractivity contribution in [2.45, 2.75) is 83.5 Å². The van der Waals surface area contributed by atoms with Crippen LogP contribution in [0.4, 0.5) is 4.79 Å². The van der Waals surface area contributed by atoms with E-state index in [0.717, 1.165) is 43.1 Å². The molecule has 2 aromatic rings. The van der Waals surface area contributed by atoms with Gasteiger partial charge in [0.2, 0.25) is 5.79 Å². The molecule has 1 saturated carbocycles. The van der Waals surface area contributed by atoms with E-state index in [2.05, 4.69) is 17.8 Å². The Morgan fingerprint density at radius 3 is 2.42 bits per heavy atom. The second-order valence-corrected chi connectivity index (χ2v) is 15.8. The van der Waals surface area contributed by atoms with E-state index in [1.54, 1.807) is 36.2 Å². The van der Waals surface area contributed by atoms with Crippen molar-refractivity contribution in [3.63, 3.8) is 0 Å². The highest BCUT2D eigenvalue weighted by atomic mass is 16.7. The summed E-state index contributed by atoms with van der Waals surface area (Å²) in [6.07, 6.45) is 9.01. The lowest BCUT2D eigenvalue weighted by Crippen LogP contribution is -2.69. The van der Waals surface area contributed by atoms with Crippen molar-refractivity contribution in [1.29, 1.82) is 0 Å². The number of hydrogen-bond acceptors (Lipinski definition) is 11. The fraction of sp³-hybridized carbons (Fsp3) is 0.558. The average molecular weight is 763 g/mol. The van der Waals surface area contributed by atoms with Gasteiger partial charge in [0.1, 0.15) is 36.1 Å². The third kappa shape index (κ3) is 9.19. The smallest absolute Gasteiger partial charge is 0.410 e. The summed E-state index contributed by atoms with van der Waals surface area (Å²) in [6, 6.07) is 10.1. The maximum atomic E-state index is 13.9. The topological polar surface area (TPSA) is 146 Å². The lowest BCUT2D eigenvalue weighted by Gasteiger charge is -2.59. The zero-order valence-electron chi connectivity index (χ0n) is 33.1. The van der Waals surface area contributed by atoms with Gasteiger partial charge in [-0.05, 0) is 84.9 Å². The number of carbonyl (C=O) groups excluding carboxylic acids is 2. The van der Waals surface area contributed by atoms with E-state index in [1.165, 1.54) is 14.2 Å². The number of ether oxygens (including phenoxy) is 5. The number of unbranched alkanes of at least 4 members (excludes halogenated alkanes) is 2. The maximum Gasteiger partial charge on any atom is 0.410 e. The van der Waals surface area contributed by atoms with Gasteiger partial charge in [-0.3, -0.25) is 4.79 Å². The molecular weight excluding hydrogens is 704 g/mol. The van der Waals surface area contributed by atoms with Crippen LogP contribution in [-0.4, -0.2) is 92.7 Å². The molecule has 0 aromatic heterocycles. The first-order valence-corrected chi connectivity index (χ1v) is 19.3. The van der Waals surface area contributed by atoms with Crippen LogP contribution in [0.5, 0.6) is 23.0 Å². The van der Waals surface area contributed by atoms with Crippen LogP contribution in [0, 0.1) is 23.2 Å². The molecule has 2 N–H and O–H groups in total. The Bertz CT molecular complexity index is 1720. The quantitative estimate of drug-likeness (QED) is 0.0672. The third-order valence-electron chi connectivity index (χ3n) is 10.8. The predicted molar refractivity (Wildman–Crippen MR) is 209 cm³/mol. The molecule has 3 aliphatic rings. The number of rotatable bonds is 18.